The summed E-state index contributed by atoms with van der Waals surface area (Å²) in [6, 6.07) is 5.67. The highest BCUT2D eigenvalue weighted by Gasteiger charge is 2.33. The van der Waals surface area contributed by atoms with Crippen molar-refractivity contribution < 1.29 is 16.8 Å². The normalized spacial score (nSPS) is 26.7. The summed E-state index contributed by atoms with van der Waals surface area (Å²) in [7, 11) is -7.17. The molecule has 2 fully saturated rings. The minimum Gasteiger partial charge on any atom is -0.207 e. The van der Waals surface area contributed by atoms with Crippen molar-refractivity contribution in [3.63, 3.8) is 0 Å². The molecule has 2 saturated heterocycles. The van der Waals surface area contributed by atoms with E-state index >= 15 is 0 Å². The molecule has 0 aliphatic carbocycles. The van der Waals surface area contributed by atoms with Gasteiger partial charge < -0.3 is 0 Å². The molecule has 26 heavy (non-hydrogen) atoms. The van der Waals surface area contributed by atoms with E-state index in [1.165, 1.54) is 32.9 Å². The van der Waals surface area contributed by atoms with Crippen molar-refractivity contribution in [1.82, 2.24) is 8.61 Å². The van der Waals surface area contributed by atoms with Gasteiger partial charge in [0.1, 0.15) is 0 Å². The van der Waals surface area contributed by atoms with Crippen LogP contribution in [-0.2, 0) is 20.0 Å². The van der Waals surface area contributed by atoms with Crippen LogP contribution in [0.15, 0.2) is 34.1 Å². The third kappa shape index (κ3) is 3.69. The molecule has 0 amide bonds. The molecule has 146 valence electrons. The Morgan fingerprint density at radius 3 is 1.35 bits per heavy atom. The molecule has 0 N–H and O–H groups in total. The zero-order chi connectivity index (χ0) is 18.9. The van der Waals surface area contributed by atoms with Crippen LogP contribution in [0.1, 0.15) is 52.4 Å². The quantitative estimate of drug-likeness (QED) is 0.779. The molecule has 1 aromatic carbocycles. The van der Waals surface area contributed by atoms with Crippen molar-refractivity contribution in [3.05, 3.63) is 24.3 Å². The smallest absolute Gasteiger partial charge is 0.207 e. The Bertz CT molecular complexity index is 763. The summed E-state index contributed by atoms with van der Waals surface area (Å²) in [5, 5.41) is 0. The summed E-state index contributed by atoms with van der Waals surface area (Å²) in [6.45, 7) is 4.89. The summed E-state index contributed by atoms with van der Waals surface area (Å²) >= 11 is 0. The Kier molecular flexibility index (Phi) is 5.77. The molecule has 0 unspecified atom stereocenters. The van der Waals surface area contributed by atoms with Crippen molar-refractivity contribution in [2.24, 2.45) is 0 Å². The molecule has 3 rings (SSSR count). The summed E-state index contributed by atoms with van der Waals surface area (Å²) in [5.74, 6) is 0. The zero-order valence-corrected chi connectivity index (χ0v) is 17.1. The van der Waals surface area contributed by atoms with Crippen LogP contribution >= 0.6 is 0 Å². The topological polar surface area (TPSA) is 74.8 Å². The number of hydrogen-bond donors (Lipinski definition) is 0. The second kappa shape index (κ2) is 7.58. The lowest BCUT2D eigenvalue weighted by Crippen LogP contribution is -2.42. The minimum absolute atomic E-state index is 0.0219. The lowest BCUT2D eigenvalue weighted by atomic mass is 10.1. The largest absolute Gasteiger partial charge is 0.243 e. The van der Waals surface area contributed by atoms with Gasteiger partial charge in [-0.3, -0.25) is 0 Å². The molecule has 0 radical (unpaired) electrons. The summed E-state index contributed by atoms with van der Waals surface area (Å²) < 4.78 is 54.6. The van der Waals surface area contributed by atoms with Crippen LogP contribution in [0.2, 0.25) is 0 Å². The maximum Gasteiger partial charge on any atom is 0.243 e. The molecular formula is C18H28N2O4S2. The first-order chi connectivity index (χ1) is 12.2. The number of nitrogens with zero attached hydrogens (tertiary/aromatic N) is 2. The predicted octanol–water partition coefficient (Wildman–Crippen LogP) is 2.81. The van der Waals surface area contributed by atoms with Crippen molar-refractivity contribution in [2.45, 2.75) is 74.2 Å². The van der Waals surface area contributed by atoms with Gasteiger partial charge >= 0.3 is 0 Å². The van der Waals surface area contributed by atoms with Gasteiger partial charge in [-0.05, 0) is 63.8 Å². The van der Waals surface area contributed by atoms with Gasteiger partial charge in [-0.25, -0.2) is 16.8 Å². The molecule has 0 aromatic heterocycles. The van der Waals surface area contributed by atoms with E-state index in [0.717, 1.165) is 38.5 Å². The molecule has 2 atom stereocenters. The van der Waals surface area contributed by atoms with E-state index in [1.54, 1.807) is 0 Å². The Morgan fingerprint density at radius 1 is 0.692 bits per heavy atom. The van der Waals surface area contributed by atoms with Crippen LogP contribution in [0.4, 0.5) is 0 Å². The molecular weight excluding hydrogens is 372 g/mol. The average molecular weight is 401 g/mol. The van der Waals surface area contributed by atoms with E-state index < -0.39 is 20.0 Å². The second-order valence-corrected chi connectivity index (χ2v) is 11.2. The minimum atomic E-state index is -3.58. The van der Waals surface area contributed by atoms with Crippen molar-refractivity contribution in [2.75, 3.05) is 13.1 Å². The van der Waals surface area contributed by atoms with E-state index in [0.29, 0.717) is 13.1 Å². The monoisotopic (exact) mass is 400 g/mol. The molecule has 0 bridgehead atoms. The Morgan fingerprint density at radius 2 is 1.04 bits per heavy atom. The SMILES string of the molecule is C[C@@H]1CCCCN1S(=O)(=O)c1ccc(S(=O)(=O)N2CCCC[C@@H]2C)cc1. The highest BCUT2D eigenvalue weighted by atomic mass is 32.2. The van der Waals surface area contributed by atoms with Crippen LogP contribution in [-0.4, -0.2) is 50.6 Å². The third-order valence-electron chi connectivity index (χ3n) is 5.52. The van der Waals surface area contributed by atoms with Gasteiger partial charge in [0.2, 0.25) is 20.0 Å². The van der Waals surface area contributed by atoms with Gasteiger partial charge in [0.05, 0.1) is 9.79 Å². The van der Waals surface area contributed by atoms with Crippen LogP contribution in [0.5, 0.6) is 0 Å². The number of rotatable bonds is 4. The summed E-state index contributed by atoms with van der Waals surface area (Å²) in [6.07, 6.45) is 5.53. The van der Waals surface area contributed by atoms with Crippen molar-refractivity contribution in [1.29, 1.82) is 0 Å². The Labute approximate surface area is 157 Å². The van der Waals surface area contributed by atoms with E-state index in [2.05, 4.69) is 0 Å². The van der Waals surface area contributed by atoms with E-state index in [1.807, 2.05) is 13.8 Å². The molecule has 2 heterocycles. The first kappa shape index (κ1) is 19.8. The van der Waals surface area contributed by atoms with Crippen molar-refractivity contribution in [3.8, 4) is 0 Å². The first-order valence-corrected chi connectivity index (χ1v) is 12.3. The molecule has 2 aliphatic rings. The molecule has 8 heteroatoms. The van der Waals surface area contributed by atoms with E-state index in [4.69, 9.17) is 0 Å². The fourth-order valence-electron chi connectivity index (χ4n) is 3.91. The molecule has 1 aromatic rings. The number of sulfonamides is 2. The number of hydrogen-bond acceptors (Lipinski definition) is 4. The highest BCUT2D eigenvalue weighted by molar-refractivity contribution is 7.89. The third-order valence-corrected chi connectivity index (χ3v) is 9.58. The van der Waals surface area contributed by atoms with Crippen LogP contribution in [0.3, 0.4) is 0 Å². The van der Waals surface area contributed by atoms with Gasteiger partial charge in [0, 0.05) is 25.2 Å². The zero-order valence-electron chi connectivity index (χ0n) is 15.5. The van der Waals surface area contributed by atoms with E-state index in [-0.39, 0.29) is 21.9 Å². The number of benzene rings is 1. The maximum absolute atomic E-state index is 12.9. The second-order valence-electron chi connectivity index (χ2n) is 7.39. The predicted molar refractivity (Wildman–Crippen MR) is 101 cm³/mol. The summed E-state index contributed by atoms with van der Waals surface area (Å²) in [5.41, 5.74) is 0. The summed E-state index contributed by atoms with van der Waals surface area (Å²) in [4.78, 5) is 0.328. The molecule has 6 nitrogen and oxygen atoms in total. The highest BCUT2D eigenvalue weighted by Crippen LogP contribution is 2.28. The fraction of sp³-hybridized carbons (Fsp3) is 0.667. The Hall–Kier alpha value is -0.960. The van der Waals surface area contributed by atoms with Gasteiger partial charge in [-0.2, -0.15) is 8.61 Å². The van der Waals surface area contributed by atoms with Gasteiger partial charge in [0.25, 0.3) is 0 Å². The number of piperidine rings is 2. The standard InChI is InChI=1S/C18H28N2O4S2/c1-15-7-3-5-13-19(15)25(21,22)17-9-11-18(12-10-17)26(23,24)20-14-6-4-8-16(20)2/h9-12,15-16H,3-8,13-14H2,1-2H3/t15-,16+. The van der Waals surface area contributed by atoms with E-state index in [9.17, 15) is 16.8 Å². The van der Waals surface area contributed by atoms with Gasteiger partial charge in [-0.15, -0.1) is 0 Å². The van der Waals surface area contributed by atoms with Crippen molar-refractivity contribution >= 4 is 20.0 Å². The average Bonchev–Trinajstić information content (AvgIpc) is 2.62. The lowest BCUT2D eigenvalue weighted by molar-refractivity contribution is 0.268. The lowest BCUT2D eigenvalue weighted by Gasteiger charge is -2.33. The van der Waals surface area contributed by atoms with Crippen LogP contribution < -0.4 is 0 Å². The van der Waals surface area contributed by atoms with Gasteiger partial charge in [0.15, 0.2) is 0 Å². The maximum atomic E-state index is 12.9. The molecule has 2 aliphatic heterocycles. The van der Waals surface area contributed by atoms with Gasteiger partial charge in [-0.1, -0.05) is 12.8 Å². The first-order valence-electron chi connectivity index (χ1n) is 9.38. The molecule has 0 spiro atoms. The Balaban J connectivity index is 1.86. The molecule has 0 saturated carbocycles. The fourth-order valence-corrected chi connectivity index (χ4v) is 7.31. The van der Waals surface area contributed by atoms with Crippen LogP contribution in [0.25, 0.3) is 0 Å². The van der Waals surface area contributed by atoms with Crippen LogP contribution in [0, 0.1) is 0 Å².